The summed E-state index contributed by atoms with van der Waals surface area (Å²) in [6, 6.07) is 10.1. The second kappa shape index (κ2) is 7.54. The fourth-order valence-electron chi connectivity index (χ4n) is 2.14. The molecule has 2 rings (SSSR count). The minimum Gasteiger partial charge on any atom is -0.495 e. The number of amides is 2. The van der Waals surface area contributed by atoms with Crippen molar-refractivity contribution in [3.8, 4) is 5.75 Å². The van der Waals surface area contributed by atoms with Crippen LogP contribution in [0.2, 0.25) is 0 Å². The predicted octanol–water partition coefficient (Wildman–Crippen LogP) is 1.30. The Bertz CT molecular complexity index is 937. The number of rotatable bonds is 6. The van der Waals surface area contributed by atoms with E-state index < -0.39 is 21.8 Å². The Labute approximate surface area is 151 Å². The summed E-state index contributed by atoms with van der Waals surface area (Å²) >= 11 is 0. The van der Waals surface area contributed by atoms with Crippen LogP contribution < -0.4 is 15.8 Å². The van der Waals surface area contributed by atoms with Crippen molar-refractivity contribution in [3.05, 3.63) is 53.6 Å². The monoisotopic (exact) mass is 377 g/mol. The topological polar surface area (TPSA) is 119 Å². The lowest BCUT2D eigenvalue weighted by molar-refractivity contribution is 0.0998. The lowest BCUT2D eigenvalue weighted by atomic mass is 10.1. The van der Waals surface area contributed by atoms with Gasteiger partial charge in [-0.15, -0.1) is 0 Å². The van der Waals surface area contributed by atoms with Gasteiger partial charge in [-0.2, -0.15) is 0 Å². The standard InChI is InChI=1S/C17H19N3O5S/c1-20(2)26(23,24)15-10-12(6-9-14(15)25-3)17(22)19-13-7-4-11(5-8-13)16(18)21/h4-10H,1-3H3,(H2,18,21)(H,19,22). The summed E-state index contributed by atoms with van der Waals surface area (Å²) in [4.78, 5) is 23.4. The van der Waals surface area contributed by atoms with Crippen LogP contribution in [0.1, 0.15) is 20.7 Å². The molecule has 0 bridgehead atoms. The molecule has 0 saturated heterocycles. The molecule has 138 valence electrons. The highest BCUT2D eigenvalue weighted by Crippen LogP contribution is 2.27. The Balaban J connectivity index is 2.33. The number of methoxy groups -OCH3 is 1. The Morgan fingerprint density at radius 1 is 1.04 bits per heavy atom. The van der Waals surface area contributed by atoms with E-state index in [1.54, 1.807) is 0 Å². The maximum Gasteiger partial charge on any atom is 0.255 e. The third-order valence-electron chi connectivity index (χ3n) is 3.61. The van der Waals surface area contributed by atoms with Gasteiger partial charge in [-0.3, -0.25) is 9.59 Å². The summed E-state index contributed by atoms with van der Waals surface area (Å²) in [7, 11) is 0.346. The molecule has 0 aliphatic carbocycles. The molecule has 2 aromatic carbocycles. The molecule has 0 atom stereocenters. The van der Waals surface area contributed by atoms with Gasteiger partial charge in [0, 0.05) is 30.9 Å². The Morgan fingerprint density at radius 3 is 2.12 bits per heavy atom. The summed E-state index contributed by atoms with van der Waals surface area (Å²) in [6.45, 7) is 0. The van der Waals surface area contributed by atoms with Crippen LogP contribution in [0.3, 0.4) is 0 Å². The zero-order chi connectivity index (χ0) is 19.5. The van der Waals surface area contributed by atoms with Gasteiger partial charge in [0.05, 0.1) is 7.11 Å². The molecule has 3 N–H and O–H groups in total. The summed E-state index contributed by atoms with van der Waals surface area (Å²) in [5, 5.41) is 2.63. The molecule has 0 radical (unpaired) electrons. The van der Waals surface area contributed by atoms with Gasteiger partial charge >= 0.3 is 0 Å². The number of hydrogen-bond donors (Lipinski definition) is 2. The number of benzene rings is 2. The summed E-state index contributed by atoms with van der Waals surface area (Å²) in [5.74, 6) is -0.938. The number of ether oxygens (including phenoxy) is 1. The molecule has 0 heterocycles. The van der Waals surface area contributed by atoms with Gasteiger partial charge in [0.2, 0.25) is 15.9 Å². The van der Waals surface area contributed by atoms with Crippen LogP contribution >= 0.6 is 0 Å². The van der Waals surface area contributed by atoms with Crippen molar-refractivity contribution in [1.29, 1.82) is 0 Å². The second-order valence-corrected chi connectivity index (χ2v) is 7.67. The molecular formula is C17H19N3O5S. The van der Waals surface area contributed by atoms with Gasteiger partial charge in [-0.05, 0) is 42.5 Å². The summed E-state index contributed by atoms with van der Waals surface area (Å²) < 4.78 is 31.0. The first-order valence-corrected chi connectivity index (χ1v) is 8.92. The molecule has 0 fully saturated rings. The molecule has 0 aliphatic rings. The zero-order valence-corrected chi connectivity index (χ0v) is 15.3. The number of carbonyl (C=O) groups is 2. The Morgan fingerprint density at radius 2 is 1.62 bits per heavy atom. The molecule has 0 unspecified atom stereocenters. The van der Waals surface area contributed by atoms with E-state index in [1.807, 2.05) is 0 Å². The quantitative estimate of drug-likeness (QED) is 0.786. The molecule has 8 nitrogen and oxygen atoms in total. The molecule has 26 heavy (non-hydrogen) atoms. The maximum absolute atomic E-state index is 12.4. The third-order valence-corrected chi connectivity index (χ3v) is 5.45. The first-order chi connectivity index (χ1) is 12.2. The van der Waals surface area contributed by atoms with E-state index in [0.717, 1.165) is 4.31 Å². The molecule has 0 aromatic heterocycles. The SMILES string of the molecule is COc1ccc(C(=O)Nc2ccc(C(N)=O)cc2)cc1S(=O)(=O)N(C)C. The average Bonchev–Trinajstić information content (AvgIpc) is 2.61. The van der Waals surface area contributed by atoms with Crippen LogP contribution in [0.5, 0.6) is 5.75 Å². The van der Waals surface area contributed by atoms with E-state index in [1.165, 1.54) is 63.7 Å². The number of anilines is 1. The van der Waals surface area contributed by atoms with Crippen LogP contribution in [-0.4, -0.2) is 45.7 Å². The van der Waals surface area contributed by atoms with Crippen molar-refractivity contribution in [3.63, 3.8) is 0 Å². The van der Waals surface area contributed by atoms with Gasteiger partial charge in [-0.1, -0.05) is 0 Å². The smallest absolute Gasteiger partial charge is 0.255 e. The normalized spacial score (nSPS) is 11.2. The lowest BCUT2D eigenvalue weighted by Crippen LogP contribution is -2.23. The number of nitrogens with one attached hydrogen (secondary N) is 1. The van der Waals surface area contributed by atoms with Crippen LogP contribution in [0.25, 0.3) is 0 Å². The lowest BCUT2D eigenvalue weighted by Gasteiger charge is -2.15. The van der Waals surface area contributed by atoms with Gasteiger partial charge in [0.25, 0.3) is 5.91 Å². The molecule has 0 aliphatic heterocycles. The molecule has 2 amide bonds. The van der Waals surface area contributed by atoms with E-state index in [9.17, 15) is 18.0 Å². The minimum absolute atomic E-state index is 0.110. The van der Waals surface area contributed by atoms with Crippen LogP contribution in [0.15, 0.2) is 47.4 Å². The molecular weight excluding hydrogens is 358 g/mol. The fraction of sp³-hybridized carbons (Fsp3) is 0.176. The first-order valence-electron chi connectivity index (χ1n) is 7.48. The largest absolute Gasteiger partial charge is 0.495 e. The van der Waals surface area contributed by atoms with Crippen LogP contribution in [-0.2, 0) is 10.0 Å². The zero-order valence-electron chi connectivity index (χ0n) is 14.5. The Kier molecular flexibility index (Phi) is 5.63. The number of nitrogens with zero attached hydrogens (tertiary/aromatic N) is 1. The number of carbonyl (C=O) groups excluding carboxylic acids is 2. The molecule has 0 spiro atoms. The molecule has 0 saturated carbocycles. The molecule has 9 heteroatoms. The highest BCUT2D eigenvalue weighted by atomic mass is 32.2. The maximum atomic E-state index is 12.4. The average molecular weight is 377 g/mol. The van der Waals surface area contributed by atoms with E-state index in [2.05, 4.69) is 5.32 Å². The summed E-state index contributed by atoms with van der Waals surface area (Å²) in [6.07, 6.45) is 0. The van der Waals surface area contributed by atoms with Crippen LogP contribution in [0.4, 0.5) is 5.69 Å². The highest BCUT2D eigenvalue weighted by Gasteiger charge is 2.24. The Hall–Kier alpha value is -2.91. The number of hydrogen-bond acceptors (Lipinski definition) is 5. The first kappa shape index (κ1) is 19.4. The van der Waals surface area contributed by atoms with Crippen molar-refractivity contribution in [2.24, 2.45) is 5.73 Å². The second-order valence-electron chi connectivity index (χ2n) is 5.55. The highest BCUT2D eigenvalue weighted by molar-refractivity contribution is 7.89. The van der Waals surface area contributed by atoms with Crippen molar-refractivity contribution in [2.45, 2.75) is 4.90 Å². The fourth-order valence-corrected chi connectivity index (χ4v) is 3.21. The predicted molar refractivity (Wildman–Crippen MR) is 96.8 cm³/mol. The van der Waals surface area contributed by atoms with E-state index in [4.69, 9.17) is 10.5 Å². The van der Waals surface area contributed by atoms with E-state index in [-0.39, 0.29) is 16.2 Å². The van der Waals surface area contributed by atoms with Crippen molar-refractivity contribution in [2.75, 3.05) is 26.5 Å². The van der Waals surface area contributed by atoms with Crippen molar-refractivity contribution >= 4 is 27.5 Å². The van der Waals surface area contributed by atoms with E-state index in [0.29, 0.717) is 11.3 Å². The van der Waals surface area contributed by atoms with Gasteiger partial charge < -0.3 is 15.8 Å². The summed E-state index contributed by atoms with van der Waals surface area (Å²) in [5.41, 5.74) is 6.06. The van der Waals surface area contributed by atoms with E-state index >= 15 is 0 Å². The minimum atomic E-state index is -3.79. The molecule has 2 aromatic rings. The van der Waals surface area contributed by atoms with Crippen molar-refractivity contribution in [1.82, 2.24) is 4.31 Å². The number of nitrogens with two attached hydrogens (primary N) is 1. The van der Waals surface area contributed by atoms with Crippen LogP contribution in [0, 0.1) is 0 Å². The van der Waals surface area contributed by atoms with Gasteiger partial charge in [0.15, 0.2) is 0 Å². The van der Waals surface area contributed by atoms with Gasteiger partial charge in [0.1, 0.15) is 10.6 Å². The van der Waals surface area contributed by atoms with Gasteiger partial charge in [-0.25, -0.2) is 12.7 Å². The third kappa shape index (κ3) is 4.01. The number of sulfonamides is 1. The number of primary amides is 1. The van der Waals surface area contributed by atoms with Crippen molar-refractivity contribution < 1.29 is 22.7 Å².